The summed E-state index contributed by atoms with van der Waals surface area (Å²) in [5.41, 5.74) is 7.11. The molecular weight excluding hydrogens is 198 g/mol. The first-order chi connectivity index (χ1) is 7.70. The van der Waals surface area contributed by atoms with E-state index in [1.807, 2.05) is 0 Å². The Bertz CT molecular complexity index is 354. The standard InChI is InChI=1S/C14H19NO/c1-10-5-6-11-3-2-4-12(14(11)7-10)8-13(15)9-16/h2-6,9-10,12-14H,7-8,15H2,1H3. The van der Waals surface area contributed by atoms with Crippen molar-refractivity contribution >= 4 is 6.29 Å². The van der Waals surface area contributed by atoms with Crippen LogP contribution in [0.15, 0.2) is 36.0 Å². The van der Waals surface area contributed by atoms with Gasteiger partial charge in [-0.2, -0.15) is 0 Å². The van der Waals surface area contributed by atoms with E-state index in [9.17, 15) is 4.79 Å². The lowest BCUT2D eigenvalue weighted by Gasteiger charge is -2.33. The van der Waals surface area contributed by atoms with Crippen LogP contribution in [-0.2, 0) is 4.79 Å². The fourth-order valence-electron chi connectivity index (χ4n) is 2.67. The van der Waals surface area contributed by atoms with Crippen LogP contribution in [-0.4, -0.2) is 12.3 Å². The molecule has 0 fully saturated rings. The van der Waals surface area contributed by atoms with Crippen molar-refractivity contribution in [3.8, 4) is 0 Å². The second-order valence-electron chi connectivity index (χ2n) is 4.93. The largest absolute Gasteiger partial charge is 0.322 e. The Balaban J connectivity index is 2.11. The van der Waals surface area contributed by atoms with E-state index in [-0.39, 0.29) is 6.04 Å². The highest BCUT2D eigenvalue weighted by Gasteiger charge is 2.28. The van der Waals surface area contributed by atoms with E-state index in [0.717, 1.165) is 12.7 Å². The predicted octanol–water partition coefficient (Wildman–Crippen LogP) is 2.23. The highest BCUT2D eigenvalue weighted by Crippen LogP contribution is 2.38. The van der Waals surface area contributed by atoms with Crippen LogP contribution in [0.3, 0.4) is 0 Å². The summed E-state index contributed by atoms with van der Waals surface area (Å²) in [4.78, 5) is 10.6. The van der Waals surface area contributed by atoms with Gasteiger partial charge in [-0.3, -0.25) is 0 Å². The van der Waals surface area contributed by atoms with Crippen LogP contribution >= 0.6 is 0 Å². The topological polar surface area (TPSA) is 43.1 Å². The van der Waals surface area contributed by atoms with E-state index in [2.05, 4.69) is 37.3 Å². The molecule has 4 unspecified atom stereocenters. The molecule has 2 nitrogen and oxygen atoms in total. The Morgan fingerprint density at radius 3 is 3.12 bits per heavy atom. The van der Waals surface area contributed by atoms with Crippen molar-refractivity contribution < 1.29 is 4.79 Å². The fraction of sp³-hybridized carbons (Fsp3) is 0.500. The van der Waals surface area contributed by atoms with Gasteiger partial charge < -0.3 is 10.5 Å². The van der Waals surface area contributed by atoms with Gasteiger partial charge in [0, 0.05) is 0 Å². The minimum Gasteiger partial charge on any atom is -0.322 e. The summed E-state index contributed by atoms with van der Waals surface area (Å²) in [5.74, 6) is 1.60. The number of allylic oxidation sites excluding steroid dienone is 6. The van der Waals surface area contributed by atoms with E-state index in [1.54, 1.807) is 0 Å². The highest BCUT2D eigenvalue weighted by molar-refractivity contribution is 5.57. The number of rotatable bonds is 3. The third-order valence-electron chi connectivity index (χ3n) is 3.55. The van der Waals surface area contributed by atoms with Gasteiger partial charge in [0.15, 0.2) is 0 Å². The quantitative estimate of drug-likeness (QED) is 0.737. The van der Waals surface area contributed by atoms with Crippen LogP contribution in [0.4, 0.5) is 0 Å². The van der Waals surface area contributed by atoms with Gasteiger partial charge in [-0.25, -0.2) is 0 Å². The van der Waals surface area contributed by atoms with Gasteiger partial charge >= 0.3 is 0 Å². The zero-order valence-corrected chi connectivity index (χ0v) is 9.67. The summed E-state index contributed by atoms with van der Waals surface area (Å²) in [6.07, 6.45) is 13.7. The van der Waals surface area contributed by atoms with E-state index in [0.29, 0.717) is 17.8 Å². The molecule has 0 amide bonds. The summed E-state index contributed by atoms with van der Waals surface area (Å²) >= 11 is 0. The first-order valence-electron chi connectivity index (χ1n) is 5.98. The normalized spacial score (nSPS) is 34.1. The van der Waals surface area contributed by atoms with Gasteiger partial charge in [-0.05, 0) is 36.2 Å². The van der Waals surface area contributed by atoms with E-state index in [4.69, 9.17) is 5.73 Å². The predicted molar refractivity (Wildman–Crippen MR) is 65.8 cm³/mol. The first kappa shape index (κ1) is 11.3. The van der Waals surface area contributed by atoms with Crippen LogP contribution in [0.1, 0.15) is 19.8 Å². The van der Waals surface area contributed by atoms with E-state index >= 15 is 0 Å². The second kappa shape index (κ2) is 4.79. The molecule has 4 atom stereocenters. The third-order valence-corrected chi connectivity index (χ3v) is 3.55. The molecule has 0 bridgehead atoms. The first-order valence-corrected chi connectivity index (χ1v) is 5.98. The molecule has 0 saturated carbocycles. The van der Waals surface area contributed by atoms with Crippen LogP contribution in [0, 0.1) is 17.8 Å². The molecule has 0 heterocycles. The van der Waals surface area contributed by atoms with Gasteiger partial charge in [-0.15, -0.1) is 0 Å². The number of carbonyl (C=O) groups excluding carboxylic acids is 1. The summed E-state index contributed by atoms with van der Waals surface area (Å²) in [7, 11) is 0. The molecule has 2 heteroatoms. The average molecular weight is 217 g/mol. The molecule has 2 aliphatic carbocycles. The number of hydrogen-bond acceptors (Lipinski definition) is 2. The van der Waals surface area contributed by atoms with Crippen molar-refractivity contribution in [2.24, 2.45) is 23.5 Å². The summed E-state index contributed by atoms with van der Waals surface area (Å²) in [5, 5.41) is 0. The fourth-order valence-corrected chi connectivity index (χ4v) is 2.67. The maximum Gasteiger partial charge on any atom is 0.136 e. The van der Waals surface area contributed by atoms with Gasteiger partial charge in [0.1, 0.15) is 6.29 Å². The summed E-state index contributed by atoms with van der Waals surface area (Å²) < 4.78 is 0. The van der Waals surface area contributed by atoms with Crippen molar-refractivity contribution in [2.45, 2.75) is 25.8 Å². The zero-order valence-electron chi connectivity index (χ0n) is 9.67. The van der Waals surface area contributed by atoms with Crippen LogP contribution in [0.25, 0.3) is 0 Å². The molecular formula is C14H19NO. The van der Waals surface area contributed by atoms with Crippen molar-refractivity contribution in [3.05, 3.63) is 36.0 Å². The van der Waals surface area contributed by atoms with Crippen LogP contribution in [0.5, 0.6) is 0 Å². The molecule has 2 N–H and O–H groups in total. The molecule has 2 rings (SSSR count). The molecule has 0 radical (unpaired) electrons. The molecule has 86 valence electrons. The van der Waals surface area contributed by atoms with Crippen molar-refractivity contribution in [1.82, 2.24) is 0 Å². The lowest BCUT2D eigenvalue weighted by molar-refractivity contribution is -0.109. The van der Waals surface area contributed by atoms with Crippen molar-refractivity contribution in [2.75, 3.05) is 0 Å². The van der Waals surface area contributed by atoms with Crippen LogP contribution in [0.2, 0.25) is 0 Å². The minimum absolute atomic E-state index is 0.324. The van der Waals surface area contributed by atoms with Gasteiger partial charge in [-0.1, -0.05) is 37.3 Å². The molecule has 0 saturated heterocycles. The monoisotopic (exact) mass is 217 g/mol. The molecule has 2 aliphatic rings. The number of hydrogen-bond donors (Lipinski definition) is 1. The number of carbonyl (C=O) groups is 1. The van der Waals surface area contributed by atoms with Gasteiger partial charge in [0.25, 0.3) is 0 Å². The highest BCUT2D eigenvalue weighted by atomic mass is 16.1. The maximum absolute atomic E-state index is 10.6. The summed E-state index contributed by atoms with van der Waals surface area (Å²) in [6.45, 7) is 2.24. The Labute approximate surface area is 96.9 Å². The molecule has 0 aliphatic heterocycles. The Morgan fingerprint density at radius 1 is 1.56 bits per heavy atom. The molecule has 0 aromatic heterocycles. The van der Waals surface area contributed by atoms with Crippen molar-refractivity contribution in [3.63, 3.8) is 0 Å². The van der Waals surface area contributed by atoms with Crippen LogP contribution < -0.4 is 5.73 Å². The molecule has 0 aromatic carbocycles. The Morgan fingerprint density at radius 2 is 2.38 bits per heavy atom. The van der Waals surface area contributed by atoms with Gasteiger partial charge in [0.05, 0.1) is 6.04 Å². The molecule has 0 spiro atoms. The Hall–Kier alpha value is -1.15. The van der Waals surface area contributed by atoms with Gasteiger partial charge in [0.2, 0.25) is 0 Å². The lowest BCUT2D eigenvalue weighted by Crippen LogP contribution is -2.30. The minimum atomic E-state index is -0.324. The van der Waals surface area contributed by atoms with Crippen molar-refractivity contribution in [1.29, 1.82) is 0 Å². The smallest absolute Gasteiger partial charge is 0.136 e. The Kier molecular flexibility index (Phi) is 3.39. The number of nitrogens with two attached hydrogens (primary N) is 1. The maximum atomic E-state index is 10.6. The second-order valence-corrected chi connectivity index (χ2v) is 4.93. The lowest BCUT2D eigenvalue weighted by atomic mass is 9.72. The zero-order chi connectivity index (χ0) is 11.5. The van der Waals surface area contributed by atoms with E-state index in [1.165, 1.54) is 12.0 Å². The third kappa shape index (κ3) is 2.33. The SMILES string of the molecule is CC1C=CC2=CC=CC(CC(N)C=O)C2C1. The molecule has 16 heavy (non-hydrogen) atoms. The average Bonchev–Trinajstić information content (AvgIpc) is 2.29. The number of aldehydes is 1. The van der Waals surface area contributed by atoms with E-state index < -0.39 is 0 Å². The number of fused-ring (bicyclic) bond motifs is 1. The summed E-state index contributed by atoms with van der Waals surface area (Å²) in [6, 6.07) is -0.324. The molecule has 0 aromatic rings.